The summed E-state index contributed by atoms with van der Waals surface area (Å²) in [6, 6.07) is 1.13. The minimum atomic E-state index is 0.518. The number of guanidine groups is 1. The van der Waals surface area contributed by atoms with Crippen LogP contribution in [-0.2, 0) is 4.74 Å². The number of rotatable bonds is 5. The summed E-state index contributed by atoms with van der Waals surface area (Å²) in [7, 11) is 1.74. The molecule has 4 heteroatoms. The summed E-state index contributed by atoms with van der Waals surface area (Å²) >= 11 is 0. The van der Waals surface area contributed by atoms with Crippen LogP contribution in [0.2, 0.25) is 0 Å². The Kier molecular flexibility index (Phi) is 7.20. The predicted molar refractivity (Wildman–Crippen MR) is 84.2 cm³/mol. The van der Waals surface area contributed by atoms with Crippen LogP contribution in [0.1, 0.15) is 64.2 Å². The number of methoxy groups -OCH3 is 1. The van der Waals surface area contributed by atoms with Gasteiger partial charge in [0.2, 0.25) is 0 Å². The highest BCUT2D eigenvalue weighted by Gasteiger charge is 2.17. The zero-order valence-corrected chi connectivity index (χ0v) is 13.0. The lowest BCUT2D eigenvalue weighted by Gasteiger charge is -2.26. The maximum atomic E-state index is 5.13. The fourth-order valence-electron chi connectivity index (χ4n) is 3.24. The fourth-order valence-corrected chi connectivity index (χ4v) is 3.24. The first-order chi connectivity index (χ1) is 9.88. The third kappa shape index (κ3) is 5.70. The Morgan fingerprint density at radius 2 is 1.65 bits per heavy atom. The Labute approximate surface area is 123 Å². The monoisotopic (exact) mass is 281 g/mol. The van der Waals surface area contributed by atoms with Crippen LogP contribution in [0.5, 0.6) is 0 Å². The number of nitrogens with one attached hydrogen (secondary N) is 2. The molecule has 2 rings (SSSR count). The van der Waals surface area contributed by atoms with Crippen LogP contribution in [0.3, 0.4) is 0 Å². The molecule has 0 aromatic heterocycles. The first-order valence-electron chi connectivity index (χ1n) is 8.45. The van der Waals surface area contributed by atoms with Crippen molar-refractivity contribution in [1.82, 2.24) is 10.6 Å². The maximum Gasteiger partial charge on any atom is 0.191 e. The number of hydrogen-bond acceptors (Lipinski definition) is 2. The van der Waals surface area contributed by atoms with Gasteiger partial charge in [-0.3, -0.25) is 0 Å². The van der Waals surface area contributed by atoms with Gasteiger partial charge in [-0.25, -0.2) is 4.99 Å². The van der Waals surface area contributed by atoms with Crippen molar-refractivity contribution in [3.05, 3.63) is 0 Å². The van der Waals surface area contributed by atoms with Gasteiger partial charge in [0, 0.05) is 19.7 Å². The van der Waals surface area contributed by atoms with Gasteiger partial charge in [0.25, 0.3) is 0 Å². The third-order valence-electron chi connectivity index (χ3n) is 4.43. The molecule has 0 bridgehead atoms. The lowest BCUT2D eigenvalue weighted by atomic mass is 9.95. The van der Waals surface area contributed by atoms with Crippen molar-refractivity contribution in [1.29, 1.82) is 0 Å². The number of ether oxygens (including phenoxy) is 1. The Balaban J connectivity index is 1.85. The lowest BCUT2D eigenvalue weighted by Crippen LogP contribution is -2.45. The molecule has 116 valence electrons. The van der Waals surface area contributed by atoms with Gasteiger partial charge in [0.15, 0.2) is 5.96 Å². The summed E-state index contributed by atoms with van der Waals surface area (Å²) < 4.78 is 5.13. The van der Waals surface area contributed by atoms with Crippen LogP contribution in [0.25, 0.3) is 0 Å². The standard InChI is InChI=1S/C16H31N3O/c1-20-13-12-17-16(18-14-8-4-2-5-9-14)19-15-10-6-3-7-11-15/h14-15H,2-13H2,1H3,(H2,17,18,19). The van der Waals surface area contributed by atoms with Crippen molar-refractivity contribution in [3.63, 3.8) is 0 Å². The van der Waals surface area contributed by atoms with Crippen molar-refractivity contribution in [2.24, 2.45) is 4.99 Å². The second-order valence-electron chi connectivity index (χ2n) is 6.17. The molecule has 0 aliphatic heterocycles. The van der Waals surface area contributed by atoms with Crippen LogP contribution in [0.15, 0.2) is 4.99 Å². The zero-order valence-electron chi connectivity index (χ0n) is 13.0. The first kappa shape index (κ1) is 15.6. The molecule has 0 unspecified atom stereocenters. The minimum absolute atomic E-state index is 0.518. The van der Waals surface area contributed by atoms with E-state index in [0.29, 0.717) is 12.1 Å². The molecule has 0 amide bonds. The largest absolute Gasteiger partial charge is 0.383 e. The highest BCUT2D eigenvalue weighted by Crippen LogP contribution is 2.21. The number of hydrogen-bond donors (Lipinski definition) is 2. The van der Waals surface area contributed by atoms with Crippen molar-refractivity contribution in [2.75, 3.05) is 20.3 Å². The van der Waals surface area contributed by atoms with Crippen LogP contribution in [-0.4, -0.2) is 38.3 Å². The average Bonchev–Trinajstić information content (AvgIpc) is 2.49. The molecule has 0 radical (unpaired) electrons. The fraction of sp³-hybridized carbons (Fsp3) is 0.938. The molecule has 0 aromatic rings. The SMILES string of the molecule is COCCN/C(=N/C1CCCCC1)NC1CCCCC1. The van der Waals surface area contributed by atoms with Crippen LogP contribution >= 0.6 is 0 Å². The molecule has 20 heavy (non-hydrogen) atoms. The highest BCUT2D eigenvalue weighted by molar-refractivity contribution is 5.80. The molecule has 0 aromatic carbocycles. The van der Waals surface area contributed by atoms with Crippen molar-refractivity contribution in [3.8, 4) is 0 Å². The molecular weight excluding hydrogens is 250 g/mol. The van der Waals surface area contributed by atoms with Gasteiger partial charge in [-0.2, -0.15) is 0 Å². The highest BCUT2D eigenvalue weighted by atomic mass is 16.5. The Morgan fingerprint density at radius 3 is 2.30 bits per heavy atom. The van der Waals surface area contributed by atoms with E-state index in [1.54, 1.807) is 7.11 Å². The van der Waals surface area contributed by atoms with E-state index < -0.39 is 0 Å². The lowest BCUT2D eigenvalue weighted by molar-refractivity contribution is 0.203. The molecule has 2 fully saturated rings. The molecule has 4 nitrogen and oxygen atoms in total. The van der Waals surface area contributed by atoms with E-state index in [1.807, 2.05) is 0 Å². The van der Waals surface area contributed by atoms with E-state index in [0.717, 1.165) is 19.1 Å². The molecule has 2 N–H and O–H groups in total. The molecule has 0 heterocycles. The smallest absolute Gasteiger partial charge is 0.191 e. The molecular formula is C16H31N3O. The van der Waals surface area contributed by atoms with Crippen LogP contribution < -0.4 is 10.6 Å². The summed E-state index contributed by atoms with van der Waals surface area (Å²) in [5, 5.41) is 7.07. The van der Waals surface area contributed by atoms with E-state index in [2.05, 4.69) is 10.6 Å². The number of nitrogens with zero attached hydrogens (tertiary/aromatic N) is 1. The van der Waals surface area contributed by atoms with E-state index in [9.17, 15) is 0 Å². The summed E-state index contributed by atoms with van der Waals surface area (Å²) in [5.41, 5.74) is 0. The molecule has 0 atom stereocenters. The molecule has 2 aliphatic rings. The average molecular weight is 281 g/mol. The van der Waals surface area contributed by atoms with Gasteiger partial charge >= 0.3 is 0 Å². The summed E-state index contributed by atoms with van der Waals surface area (Å²) in [4.78, 5) is 4.94. The molecule has 0 saturated heterocycles. The van der Waals surface area contributed by atoms with Crippen molar-refractivity contribution >= 4 is 5.96 Å². The molecule has 2 aliphatic carbocycles. The Morgan fingerprint density at radius 1 is 1.00 bits per heavy atom. The van der Waals surface area contributed by atoms with E-state index in [1.165, 1.54) is 64.2 Å². The zero-order chi connectivity index (χ0) is 14.0. The van der Waals surface area contributed by atoms with Gasteiger partial charge in [-0.1, -0.05) is 38.5 Å². The predicted octanol–water partition coefficient (Wildman–Crippen LogP) is 2.83. The van der Waals surface area contributed by atoms with Gasteiger partial charge in [-0.05, 0) is 25.7 Å². The second kappa shape index (κ2) is 9.22. The Bertz CT molecular complexity index is 281. The van der Waals surface area contributed by atoms with E-state index in [-0.39, 0.29) is 0 Å². The van der Waals surface area contributed by atoms with E-state index >= 15 is 0 Å². The van der Waals surface area contributed by atoms with Gasteiger partial charge in [-0.15, -0.1) is 0 Å². The minimum Gasteiger partial charge on any atom is -0.383 e. The first-order valence-corrected chi connectivity index (χ1v) is 8.45. The third-order valence-corrected chi connectivity index (χ3v) is 4.43. The summed E-state index contributed by atoms with van der Waals surface area (Å²) in [5.74, 6) is 1.01. The van der Waals surface area contributed by atoms with Crippen LogP contribution in [0.4, 0.5) is 0 Å². The molecule has 0 spiro atoms. The van der Waals surface area contributed by atoms with Crippen molar-refractivity contribution < 1.29 is 4.74 Å². The van der Waals surface area contributed by atoms with Gasteiger partial charge < -0.3 is 15.4 Å². The van der Waals surface area contributed by atoms with Gasteiger partial charge in [0.05, 0.1) is 12.6 Å². The topological polar surface area (TPSA) is 45.6 Å². The van der Waals surface area contributed by atoms with Crippen molar-refractivity contribution in [2.45, 2.75) is 76.3 Å². The van der Waals surface area contributed by atoms with E-state index in [4.69, 9.17) is 9.73 Å². The van der Waals surface area contributed by atoms with Crippen LogP contribution in [0, 0.1) is 0 Å². The maximum absolute atomic E-state index is 5.13. The summed E-state index contributed by atoms with van der Waals surface area (Å²) in [6.45, 7) is 1.57. The Hall–Kier alpha value is -0.770. The molecule has 2 saturated carbocycles. The van der Waals surface area contributed by atoms with Gasteiger partial charge in [0.1, 0.15) is 0 Å². The normalized spacial score (nSPS) is 22.8. The quantitative estimate of drug-likeness (QED) is 0.463. The number of aliphatic imine (C=N–C) groups is 1. The summed E-state index contributed by atoms with van der Waals surface area (Å²) in [6.07, 6.45) is 13.2. The second-order valence-corrected chi connectivity index (χ2v) is 6.17.